The van der Waals surface area contributed by atoms with Crippen molar-refractivity contribution in [3.8, 4) is 39.7 Å². The van der Waals surface area contributed by atoms with Crippen molar-refractivity contribution < 1.29 is 13.9 Å². The predicted octanol–water partition coefficient (Wildman–Crippen LogP) is 6.68. The maximum absolute atomic E-state index is 14.3. The summed E-state index contributed by atoms with van der Waals surface area (Å²) in [6.07, 6.45) is 13.2. The van der Waals surface area contributed by atoms with Gasteiger partial charge in [-0.1, -0.05) is 19.3 Å². The highest BCUT2D eigenvalue weighted by Gasteiger charge is 2.19. The van der Waals surface area contributed by atoms with Gasteiger partial charge in [-0.2, -0.15) is 5.10 Å². The van der Waals surface area contributed by atoms with E-state index < -0.39 is 5.82 Å². The molecule has 43 heavy (non-hydrogen) atoms. The van der Waals surface area contributed by atoms with Crippen LogP contribution < -0.4 is 10.1 Å². The number of pyridine rings is 3. The lowest BCUT2D eigenvalue weighted by Gasteiger charge is -2.20. The fourth-order valence-electron chi connectivity index (χ4n) is 5.85. The number of nitrogens with one attached hydrogen (secondary N) is 3. The molecule has 0 aliphatic heterocycles. The topological polar surface area (TPSA) is 134 Å². The van der Waals surface area contributed by atoms with Crippen molar-refractivity contribution in [2.45, 2.75) is 38.5 Å². The Kier molecular flexibility index (Phi) is 6.98. The van der Waals surface area contributed by atoms with E-state index in [1.165, 1.54) is 38.5 Å². The standard InChI is InChI=1S/C32H29FN8O2/c1-43-24-12-19(10-22(33)14-24)28-30-26(7-8-35-28)38-32(39-30)29-25-13-21(16-36-31(25)41-40-29)20-11-23(17-34-15-20)37-27(42)9-18-5-3-2-4-6-18/h7-8,10-18H,2-6,9H2,1H3,(H,37,42)(H,38,39)(H,36,40,41). The molecule has 0 saturated heterocycles. The summed E-state index contributed by atoms with van der Waals surface area (Å²) in [7, 11) is 1.49. The van der Waals surface area contributed by atoms with Gasteiger partial charge < -0.3 is 15.0 Å². The second-order valence-corrected chi connectivity index (χ2v) is 10.9. The molecule has 7 rings (SSSR count). The number of imidazole rings is 1. The number of nitrogens with zero attached hydrogens (tertiary/aromatic N) is 5. The summed E-state index contributed by atoms with van der Waals surface area (Å²) < 4.78 is 19.5. The number of hydrogen-bond acceptors (Lipinski definition) is 7. The lowest BCUT2D eigenvalue weighted by molar-refractivity contribution is -0.117. The molecule has 3 N–H and O–H groups in total. The highest BCUT2D eigenvalue weighted by Crippen LogP contribution is 2.33. The average molecular weight is 577 g/mol. The highest BCUT2D eigenvalue weighted by molar-refractivity contribution is 5.96. The lowest BCUT2D eigenvalue weighted by Crippen LogP contribution is -2.18. The third-order valence-electron chi connectivity index (χ3n) is 7.98. The molecule has 216 valence electrons. The number of carbonyl (C=O) groups is 1. The van der Waals surface area contributed by atoms with E-state index >= 15 is 0 Å². The van der Waals surface area contributed by atoms with Crippen LogP contribution in [0.2, 0.25) is 0 Å². The normalized spacial score (nSPS) is 13.9. The second kappa shape index (κ2) is 11.2. The van der Waals surface area contributed by atoms with Crippen LogP contribution in [-0.2, 0) is 4.79 Å². The number of hydrogen-bond donors (Lipinski definition) is 3. The number of aromatic amines is 2. The van der Waals surface area contributed by atoms with Gasteiger partial charge in [0.05, 0.1) is 35.6 Å². The van der Waals surface area contributed by atoms with E-state index in [1.807, 2.05) is 18.2 Å². The number of ether oxygens (including phenoxy) is 1. The molecular formula is C32H29FN8O2. The molecular weight excluding hydrogens is 547 g/mol. The van der Waals surface area contributed by atoms with E-state index in [0.717, 1.165) is 34.9 Å². The Morgan fingerprint density at radius 2 is 1.88 bits per heavy atom. The minimum absolute atomic E-state index is 0.0203. The van der Waals surface area contributed by atoms with Gasteiger partial charge in [0.1, 0.15) is 22.8 Å². The van der Waals surface area contributed by atoms with Crippen LogP contribution in [0.25, 0.3) is 56.0 Å². The van der Waals surface area contributed by atoms with Crippen LogP contribution in [0.1, 0.15) is 38.5 Å². The van der Waals surface area contributed by atoms with Crippen molar-refractivity contribution in [1.82, 2.24) is 35.1 Å². The molecule has 1 saturated carbocycles. The summed E-state index contributed by atoms with van der Waals surface area (Å²) in [5.41, 5.74) is 5.84. The number of carbonyl (C=O) groups excluding carboxylic acids is 1. The number of methoxy groups -OCH3 is 1. The first-order valence-electron chi connectivity index (χ1n) is 14.3. The van der Waals surface area contributed by atoms with Gasteiger partial charge in [-0.05, 0) is 49.1 Å². The second-order valence-electron chi connectivity index (χ2n) is 10.9. The number of anilines is 1. The summed E-state index contributed by atoms with van der Waals surface area (Å²) in [5.74, 6) is 0.982. The molecule has 0 spiro atoms. The van der Waals surface area contributed by atoms with Crippen LogP contribution in [0.4, 0.5) is 10.1 Å². The van der Waals surface area contributed by atoms with E-state index in [-0.39, 0.29) is 5.91 Å². The zero-order chi connectivity index (χ0) is 29.3. The average Bonchev–Trinajstić information content (AvgIpc) is 3.65. The zero-order valence-electron chi connectivity index (χ0n) is 23.5. The number of amides is 1. The lowest BCUT2D eigenvalue weighted by atomic mass is 9.87. The Balaban J connectivity index is 1.20. The van der Waals surface area contributed by atoms with Gasteiger partial charge in [0.15, 0.2) is 11.5 Å². The van der Waals surface area contributed by atoms with Gasteiger partial charge in [0, 0.05) is 47.8 Å². The zero-order valence-corrected chi connectivity index (χ0v) is 23.5. The number of H-pyrrole nitrogens is 2. The summed E-state index contributed by atoms with van der Waals surface area (Å²) in [5, 5.41) is 11.2. The van der Waals surface area contributed by atoms with Crippen molar-refractivity contribution >= 4 is 33.7 Å². The van der Waals surface area contributed by atoms with Gasteiger partial charge in [-0.3, -0.25) is 19.9 Å². The van der Waals surface area contributed by atoms with Crippen molar-refractivity contribution in [1.29, 1.82) is 0 Å². The molecule has 0 unspecified atom stereocenters. The van der Waals surface area contributed by atoms with Crippen molar-refractivity contribution in [2.75, 3.05) is 12.4 Å². The quantitative estimate of drug-likeness (QED) is 0.193. The molecule has 0 bridgehead atoms. The summed E-state index contributed by atoms with van der Waals surface area (Å²) in [4.78, 5) is 34.3. The van der Waals surface area contributed by atoms with Crippen LogP contribution in [-0.4, -0.2) is 48.1 Å². The fraction of sp³-hybridized carbons (Fsp3) is 0.250. The van der Waals surface area contributed by atoms with E-state index in [9.17, 15) is 9.18 Å². The Bertz CT molecular complexity index is 1960. The maximum atomic E-state index is 14.3. The summed E-state index contributed by atoms with van der Waals surface area (Å²) >= 11 is 0. The van der Waals surface area contributed by atoms with Crippen molar-refractivity contribution in [3.05, 3.63) is 67.0 Å². The molecule has 1 fully saturated rings. The molecule has 10 nitrogen and oxygen atoms in total. The number of aromatic nitrogens is 7. The maximum Gasteiger partial charge on any atom is 0.224 e. The van der Waals surface area contributed by atoms with Gasteiger partial charge in [0.2, 0.25) is 5.91 Å². The van der Waals surface area contributed by atoms with E-state index in [0.29, 0.717) is 57.7 Å². The molecule has 1 amide bonds. The molecule has 11 heteroatoms. The number of benzene rings is 1. The van der Waals surface area contributed by atoms with Crippen LogP contribution in [0, 0.1) is 11.7 Å². The molecule has 5 heterocycles. The SMILES string of the molecule is COc1cc(F)cc(-c2nccc3[nH]c(-c4[nH]nc5ncc(-c6cncc(NC(=O)CC7CCCCC7)c6)cc45)nc23)c1. The Morgan fingerprint density at radius 3 is 2.74 bits per heavy atom. The van der Waals surface area contributed by atoms with Crippen LogP contribution in [0.15, 0.2) is 61.2 Å². The first kappa shape index (κ1) is 26.7. The third-order valence-corrected chi connectivity index (χ3v) is 7.98. The first-order chi connectivity index (χ1) is 21.0. The van der Waals surface area contributed by atoms with Gasteiger partial charge in [-0.25, -0.2) is 14.4 Å². The summed E-state index contributed by atoms with van der Waals surface area (Å²) in [6.45, 7) is 0. The number of halogens is 1. The molecule has 1 aromatic carbocycles. The van der Waals surface area contributed by atoms with Crippen LogP contribution in [0.3, 0.4) is 0 Å². The smallest absolute Gasteiger partial charge is 0.224 e. The molecule has 6 aromatic rings. The van der Waals surface area contributed by atoms with E-state index in [4.69, 9.17) is 9.72 Å². The van der Waals surface area contributed by atoms with Gasteiger partial charge in [-0.15, -0.1) is 0 Å². The minimum Gasteiger partial charge on any atom is -0.497 e. The van der Waals surface area contributed by atoms with Gasteiger partial charge >= 0.3 is 0 Å². The van der Waals surface area contributed by atoms with Crippen molar-refractivity contribution in [3.63, 3.8) is 0 Å². The number of rotatable bonds is 7. The molecule has 1 aliphatic rings. The summed E-state index contributed by atoms with van der Waals surface area (Å²) in [6, 6.07) is 10.1. The molecule has 1 aliphatic carbocycles. The monoisotopic (exact) mass is 576 g/mol. The highest BCUT2D eigenvalue weighted by atomic mass is 19.1. The van der Waals surface area contributed by atoms with Gasteiger partial charge in [0.25, 0.3) is 0 Å². The molecule has 5 aromatic heterocycles. The minimum atomic E-state index is -0.426. The first-order valence-corrected chi connectivity index (χ1v) is 14.3. The molecule has 0 atom stereocenters. The third kappa shape index (κ3) is 5.41. The largest absolute Gasteiger partial charge is 0.497 e. The van der Waals surface area contributed by atoms with Crippen LogP contribution in [0.5, 0.6) is 5.75 Å². The Labute approximate surface area is 246 Å². The van der Waals surface area contributed by atoms with Crippen molar-refractivity contribution in [2.24, 2.45) is 5.92 Å². The Morgan fingerprint density at radius 1 is 1.02 bits per heavy atom. The van der Waals surface area contributed by atoms with E-state index in [1.54, 1.807) is 30.9 Å². The Hall–Kier alpha value is -5.19. The van der Waals surface area contributed by atoms with Crippen LogP contribution >= 0.6 is 0 Å². The predicted molar refractivity (Wildman–Crippen MR) is 162 cm³/mol. The van der Waals surface area contributed by atoms with E-state index in [2.05, 4.69) is 35.5 Å². The molecule has 0 radical (unpaired) electrons. The number of fused-ring (bicyclic) bond motifs is 2. The fourth-order valence-corrected chi connectivity index (χ4v) is 5.85.